The predicted octanol–water partition coefficient (Wildman–Crippen LogP) is 1.01. The molecule has 0 spiro atoms. The average molecular weight is 247 g/mol. The van der Waals surface area contributed by atoms with Gasteiger partial charge in [0.05, 0.1) is 4.92 Å². The van der Waals surface area contributed by atoms with Crippen molar-refractivity contribution in [1.29, 1.82) is 5.26 Å². The van der Waals surface area contributed by atoms with E-state index in [2.05, 4.69) is 10.3 Å². The van der Waals surface area contributed by atoms with E-state index >= 15 is 0 Å². The largest absolute Gasteiger partial charge is 0.368 e. The third-order valence-corrected chi connectivity index (χ3v) is 2.92. The molecule has 1 aromatic heterocycles. The van der Waals surface area contributed by atoms with Crippen LogP contribution < -0.4 is 11.1 Å². The number of hydrogen-bond donors (Lipinski definition) is 2. The molecule has 0 radical (unpaired) electrons. The molecule has 18 heavy (non-hydrogen) atoms. The molecule has 94 valence electrons. The Kier molecular flexibility index (Phi) is 3.39. The SMILES string of the molecule is N#Cc1nc(NCC(N)C2CC2)ccc1[N+](=O)[O-]. The number of aromatic nitrogens is 1. The molecule has 7 nitrogen and oxygen atoms in total. The monoisotopic (exact) mass is 247 g/mol. The highest BCUT2D eigenvalue weighted by molar-refractivity contribution is 5.50. The minimum Gasteiger partial charge on any atom is -0.368 e. The molecule has 7 heteroatoms. The van der Waals surface area contributed by atoms with Crippen LogP contribution in [-0.4, -0.2) is 22.5 Å². The molecule has 1 atom stereocenters. The second kappa shape index (κ2) is 4.98. The lowest BCUT2D eigenvalue weighted by Gasteiger charge is -2.11. The topological polar surface area (TPSA) is 118 Å². The van der Waals surface area contributed by atoms with Crippen LogP contribution in [0.1, 0.15) is 18.5 Å². The fourth-order valence-electron chi connectivity index (χ4n) is 1.69. The molecule has 0 saturated heterocycles. The first-order chi connectivity index (χ1) is 8.61. The summed E-state index contributed by atoms with van der Waals surface area (Å²) < 4.78 is 0. The van der Waals surface area contributed by atoms with Crippen molar-refractivity contribution < 1.29 is 4.92 Å². The Labute approximate surface area is 104 Å². The van der Waals surface area contributed by atoms with E-state index in [9.17, 15) is 10.1 Å². The van der Waals surface area contributed by atoms with Crippen molar-refractivity contribution in [2.75, 3.05) is 11.9 Å². The van der Waals surface area contributed by atoms with E-state index < -0.39 is 4.92 Å². The molecule has 0 aliphatic heterocycles. The van der Waals surface area contributed by atoms with Crippen molar-refractivity contribution in [1.82, 2.24) is 4.98 Å². The lowest BCUT2D eigenvalue weighted by atomic mass is 10.2. The maximum absolute atomic E-state index is 10.6. The molecule has 1 aromatic rings. The summed E-state index contributed by atoms with van der Waals surface area (Å²) in [5.74, 6) is 0.999. The van der Waals surface area contributed by atoms with Crippen LogP contribution in [0.5, 0.6) is 0 Å². The van der Waals surface area contributed by atoms with Crippen LogP contribution in [0.25, 0.3) is 0 Å². The molecule has 0 amide bonds. The van der Waals surface area contributed by atoms with Gasteiger partial charge in [-0.3, -0.25) is 10.1 Å². The summed E-state index contributed by atoms with van der Waals surface area (Å²) in [5, 5.41) is 22.4. The Hall–Kier alpha value is -2.20. The van der Waals surface area contributed by atoms with Crippen molar-refractivity contribution in [3.8, 4) is 6.07 Å². The number of hydrogen-bond acceptors (Lipinski definition) is 6. The zero-order valence-corrected chi connectivity index (χ0v) is 9.67. The highest BCUT2D eigenvalue weighted by Crippen LogP contribution is 2.31. The first-order valence-corrected chi connectivity index (χ1v) is 5.67. The molecule has 1 saturated carbocycles. The number of nitriles is 1. The third kappa shape index (κ3) is 2.73. The lowest BCUT2D eigenvalue weighted by Crippen LogP contribution is -2.31. The summed E-state index contributed by atoms with van der Waals surface area (Å²) >= 11 is 0. The maximum atomic E-state index is 10.6. The van der Waals surface area contributed by atoms with Gasteiger partial charge in [-0.15, -0.1) is 0 Å². The fourth-order valence-corrected chi connectivity index (χ4v) is 1.69. The van der Waals surface area contributed by atoms with E-state index in [1.807, 2.05) is 0 Å². The van der Waals surface area contributed by atoms with Crippen LogP contribution in [0.3, 0.4) is 0 Å². The van der Waals surface area contributed by atoms with Gasteiger partial charge in [0.25, 0.3) is 0 Å². The highest BCUT2D eigenvalue weighted by Gasteiger charge is 2.28. The Balaban J connectivity index is 2.05. The van der Waals surface area contributed by atoms with Gasteiger partial charge in [0.2, 0.25) is 5.69 Å². The minimum atomic E-state index is -0.620. The van der Waals surface area contributed by atoms with Crippen LogP contribution in [0, 0.1) is 27.4 Å². The van der Waals surface area contributed by atoms with Gasteiger partial charge in [-0.1, -0.05) is 0 Å². The Bertz CT molecular complexity index is 507. The smallest absolute Gasteiger partial charge is 0.305 e. The zero-order valence-electron chi connectivity index (χ0n) is 9.67. The molecule has 1 heterocycles. The van der Waals surface area contributed by atoms with Crippen molar-refractivity contribution in [3.05, 3.63) is 27.9 Å². The summed E-state index contributed by atoms with van der Waals surface area (Å²) in [5.41, 5.74) is 5.44. The van der Waals surface area contributed by atoms with Crippen molar-refractivity contribution in [3.63, 3.8) is 0 Å². The lowest BCUT2D eigenvalue weighted by molar-refractivity contribution is -0.385. The first-order valence-electron chi connectivity index (χ1n) is 5.67. The van der Waals surface area contributed by atoms with Crippen LogP contribution in [0.4, 0.5) is 11.5 Å². The number of nitrogens with two attached hydrogens (primary N) is 1. The van der Waals surface area contributed by atoms with E-state index in [0.29, 0.717) is 18.3 Å². The van der Waals surface area contributed by atoms with Gasteiger partial charge in [0, 0.05) is 18.7 Å². The molecular weight excluding hydrogens is 234 g/mol. The number of nitrogens with zero attached hydrogens (tertiary/aromatic N) is 3. The van der Waals surface area contributed by atoms with Crippen LogP contribution >= 0.6 is 0 Å². The second-order valence-corrected chi connectivity index (χ2v) is 4.32. The normalized spacial score (nSPS) is 15.8. The third-order valence-electron chi connectivity index (χ3n) is 2.92. The summed E-state index contributed by atoms with van der Waals surface area (Å²) in [6, 6.07) is 4.54. The quantitative estimate of drug-likeness (QED) is 0.592. The van der Waals surface area contributed by atoms with Gasteiger partial charge in [0.15, 0.2) is 0 Å². The molecule has 3 N–H and O–H groups in total. The number of nitrogens with one attached hydrogen (secondary N) is 1. The van der Waals surface area contributed by atoms with E-state index in [-0.39, 0.29) is 17.4 Å². The number of pyridine rings is 1. The Morgan fingerprint density at radius 3 is 2.94 bits per heavy atom. The molecule has 2 rings (SSSR count). The summed E-state index contributed by atoms with van der Waals surface area (Å²) in [6.45, 7) is 0.556. The van der Waals surface area contributed by atoms with E-state index in [1.54, 1.807) is 6.07 Å². The van der Waals surface area contributed by atoms with Gasteiger partial charge in [0.1, 0.15) is 11.9 Å². The molecule has 1 aliphatic carbocycles. The first kappa shape index (κ1) is 12.3. The summed E-state index contributed by atoms with van der Waals surface area (Å²) in [4.78, 5) is 13.9. The maximum Gasteiger partial charge on any atom is 0.305 e. The van der Waals surface area contributed by atoms with Gasteiger partial charge in [-0.2, -0.15) is 5.26 Å². The molecule has 1 aliphatic rings. The number of anilines is 1. The standard InChI is InChI=1S/C11H13N5O2/c12-5-9-10(16(17)18)3-4-11(15-9)14-6-8(13)7-1-2-7/h3-4,7-8H,1-2,6,13H2,(H,14,15). The van der Waals surface area contributed by atoms with Crippen molar-refractivity contribution >= 4 is 11.5 Å². The van der Waals surface area contributed by atoms with Crippen molar-refractivity contribution in [2.45, 2.75) is 18.9 Å². The Morgan fingerprint density at radius 2 is 2.39 bits per heavy atom. The highest BCUT2D eigenvalue weighted by atomic mass is 16.6. The van der Waals surface area contributed by atoms with Gasteiger partial charge < -0.3 is 11.1 Å². The molecule has 0 bridgehead atoms. The van der Waals surface area contributed by atoms with Crippen LogP contribution in [0.15, 0.2) is 12.1 Å². The van der Waals surface area contributed by atoms with E-state index in [1.165, 1.54) is 12.1 Å². The van der Waals surface area contributed by atoms with E-state index in [0.717, 1.165) is 12.8 Å². The average Bonchev–Trinajstić information content (AvgIpc) is 3.19. The summed E-state index contributed by atoms with van der Waals surface area (Å²) in [6.07, 6.45) is 2.31. The molecule has 1 unspecified atom stereocenters. The molecule has 0 aromatic carbocycles. The number of rotatable bonds is 5. The van der Waals surface area contributed by atoms with Gasteiger partial charge in [-0.05, 0) is 24.8 Å². The molecular formula is C11H13N5O2. The van der Waals surface area contributed by atoms with Gasteiger partial charge in [-0.25, -0.2) is 4.98 Å². The summed E-state index contributed by atoms with van der Waals surface area (Å²) in [7, 11) is 0. The fraction of sp³-hybridized carbons (Fsp3) is 0.455. The van der Waals surface area contributed by atoms with Crippen molar-refractivity contribution in [2.24, 2.45) is 11.7 Å². The van der Waals surface area contributed by atoms with Gasteiger partial charge >= 0.3 is 5.69 Å². The minimum absolute atomic E-state index is 0.0625. The second-order valence-electron chi connectivity index (χ2n) is 4.32. The zero-order chi connectivity index (χ0) is 13.1. The van der Waals surface area contributed by atoms with Crippen LogP contribution in [-0.2, 0) is 0 Å². The predicted molar refractivity (Wildman–Crippen MR) is 64.8 cm³/mol. The number of nitro groups is 1. The Morgan fingerprint density at radius 1 is 1.67 bits per heavy atom. The molecule has 1 fully saturated rings. The van der Waals surface area contributed by atoms with Crippen LogP contribution in [0.2, 0.25) is 0 Å². The van der Waals surface area contributed by atoms with E-state index in [4.69, 9.17) is 11.0 Å².